The highest BCUT2D eigenvalue weighted by molar-refractivity contribution is 6.01. The van der Waals surface area contributed by atoms with Crippen LogP contribution >= 0.6 is 0 Å². The number of ether oxygens (including phenoxy) is 1. The molecule has 1 fully saturated rings. The van der Waals surface area contributed by atoms with Gasteiger partial charge in [-0.3, -0.25) is 4.90 Å². The van der Waals surface area contributed by atoms with Gasteiger partial charge < -0.3 is 20.1 Å². The molecule has 0 spiro atoms. The molecular formula is C24H26N4O2. The molecule has 0 aliphatic carbocycles. The van der Waals surface area contributed by atoms with E-state index < -0.39 is 0 Å². The number of aromatic hydroxyl groups is 1. The number of para-hydroxylation sites is 2. The van der Waals surface area contributed by atoms with Crippen LogP contribution in [0.5, 0.6) is 5.88 Å². The number of aromatic nitrogens is 2. The average Bonchev–Trinajstić information content (AvgIpc) is 3.13. The predicted molar refractivity (Wildman–Crippen MR) is 121 cm³/mol. The van der Waals surface area contributed by atoms with Crippen molar-refractivity contribution in [2.45, 2.75) is 6.42 Å². The van der Waals surface area contributed by atoms with E-state index in [-0.39, 0.29) is 5.88 Å². The number of benzene rings is 2. The van der Waals surface area contributed by atoms with Crippen LogP contribution in [0.1, 0.15) is 6.42 Å². The third-order valence-corrected chi connectivity index (χ3v) is 5.73. The molecule has 3 heterocycles. The molecule has 1 aliphatic rings. The number of hydrogen-bond acceptors (Lipinski definition) is 5. The number of nitrogens with one attached hydrogen (secondary N) is 2. The van der Waals surface area contributed by atoms with Gasteiger partial charge in [-0.1, -0.05) is 36.4 Å². The number of H-pyrrole nitrogens is 1. The number of nitrogens with zero attached hydrogens (tertiary/aromatic N) is 2. The Bertz CT molecular complexity index is 1160. The topological polar surface area (TPSA) is 73.4 Å². The van der Waals surface area contributed by atoms with E-state index in [4.69, 9.17) is 9.72 Å². The van der Waals surface area contributed by atoms with E-state index in [0.717, 1.165) is 84.6 Å². The van der Waals surface area contributed by atoms with Gasteiger partial charge >= 0.3 is 0 Å². The van der Waals surface area contributed by atoms with Gasteiger partial charge in [-0.05, 0) is 31.2 Å². The monoisotopic (exact) mass is 402 g/mol. The molecule has 30 heavy (non-hydrogen) atoms. The Morgan fingerprint density at radius 3 is 2.67 bits per heavy atom. The molecule has 1 saturated heterocycles. The lowest BCUT2D eigenvalue weighted by atomic mass is 10.1. The summed E-state index contributed by atoms with van der Waals surface area (Å²) in [6.45, 7) is 5.64. The van der Waals surface area contributed by atoms with Crippen LogP contribution in [-0.2, 0) is 4.74 Å². The predicted octanol–water partition coefficient (Wildman–Crippen LogP) is 4.22. The molecule has 2 aromatic carbocycles. The molecule has 1 aliphatic heterocycles. The highest BCUT2D eigenvalue weighted by Gasteiger charge is 2.16. The van der Waals surface area contributed by atoms with Crippen LogP contribution in [0, 0.1) is 0 Å². The first-order valence-electron chi connectivity index (χ1n) is 10.5. The lowest BCUT2D eigenvalue weighted by Gasteiger charge is -2.26. The van der Waals surface area contributed by atoms with Gasteiger partial charge in [0.25, 0.3) is 0 Å². The van der Waals surface area contributed by atoms with Crippen LogP contribution in [0.4, 0.5) is 5.69 Å². The Kier molecular flexibility index (Phi) is 5.26. The van der Waals surface area contributed by atoms with Crippen LogP contribution in [0.15, 0.2) is 54.6 Å². The molecule has 3 N–H and O–H groups in total. The van der Waals surface area contributed by atoms with Gasteiger partial charge in [0.1, 0.15) is 0 Å². The number of morpholine rings is 1. The van der Waals surface area contributed by atoms with Crippen molar-refractivity contribution in [3.05, 3.63) is 54.6 Å². The summed E-state index contributed by atoms with van der Waals surface area (Å²) in [7, 11) is 0. The molecule has 2 aromatic heterocycles. The second kappa shape index (κ2) is 8.34. The second-order valence-corrected chi connectivity index (χ2v) is 7.70. The van der Waals surface area contributed by atoms with Crippen molar-refractivity contribution in [2.24, 2.45) is 0 Å². The highest BCUT2D eigenvalue weighted by Crippen LogP contribution is 2.38. The number of anilines is 1. The summed E-state index contributed by atoms with van der Waals surface area (Å²) in [6, 6.07) is 18.1. The van der Waals surface area contributed by atoms with Crippen LogP contribution in [0.2, 0.25) is 0 Å². The zero-order valence-electron chi connectivity index (χ0n) is 16.9. The molecule has 0 saturated carbocycles. The molecule has 0 atom stereocenters. The molecule has 0 amide bonds. The lowest BCUT2D eigenvalue weighted by molar-refractivity contribution is 0.0378. The summed E-state index contributed by atoms with van der Waals surface area (Å²) in [4.78, 5) is 10.4. The maximum absolute atomic E-state index is 10.6. The maximum Gasteiger partial charge on any atom is 0.199 e. The maximum atomic E-state index is 10.6. The van der Waals surface area contributed by atoms with Gasteiger partial charge in [0.15, 0.2) is 5.88 Å². The van der Waals surface area contributed by atoms with Crippen molar-refractivity contribution in [1.29, 1.82) is 0 Å². The fraction of sp³-hybridized carbons (Fsp3) is 0.292. The summed E-state index contributed by atoms with van der Waals surface area (Å²) in [5, 5.41) is 16.2. The third kappa shape index (κ3) is 3.72. The van der Waals surface area contributed by atoms with E-state index in [1.165, 1.54) is 0 Å². The van der Waals surface area contributed by atoms with Gasteiger partial charge in [-0.15, -0.1) is 0 Å². The van der Waals surface area contributed by atoms with Crippen LogP contribution in [-0.4, -0.2) is 59.4 Å². The first kappa shape index (κ1) is 18.9. The molecule has 5 rings (SSSR count). The van der Waals surface area contributed by atoms with Crippen molar-refractivity contribution in [3.63, 3.8) is 0 Å². The fourth-order valence-electron chi connectivity index (χ4n) is 4.19. The third-order valence-electron chi connectivity index (χ3n) is 5.73. The zero-order chi connectivity index (χ0) is 20.3. The first-order chi connectivity index (χ1) is 14.8. The number of hydrogen-bond donors (Lipinski definition) is 3. The molecule has 0 radical (unpaired) electrons. The molecule has 0 unspecified atom stereocenters. The van der Waals surface area contributed by atoms with Gasteiger partial charge in [0.2, 0.25) is 0 Å². The molecule has 4 aromatic rings. The van der Waals surface area contributed by atoms with Crippen LogP contribution in [0.25, 0.3) is 33.1 Å². The summed E-state index contributed by atoms with van der Waals surface area (Å²) < 4.78 is 5.43. The average molecular weight is 402 g/mol. The van der Waals surface area contributed by atoms with Crippen molar-refractivity contribution in [3.8, 4) is 17.1 Å². The minimum absolute atomic E-state index is 0.150. The van der Waals surface area contributed by atoms with Gasteiger partial charge in [0, 0.05) is 41.6 Å². The van der Waals surface area contributed by atoms with E-state index in [0.29, 0.717) is 0 Å². The van der Waals surface area contributed by atoms with E-state index in [1.807, 2.05) is 48.5 Å². The molecule has 0 bridgehead atoms. The lowest BCUT2D eigenvalue weighted by Crippen LogP contribution is -2.37. The minimum Gasteiger partial charge on any atom is -0.494 e. The van der Waals surface area contributed by atoms with Gasteiger partial charge in [-0.25, -0.2) is 4.98 Å². The van der Waals surface area contributed by atoms with Crippen LogP contribution < -0.4 is 5.32 Å². The summed E-state index contributed by atoms with van der Waals surface area (Å²) in [5.74, 6) is 0.150. The Hall–Kier alpha value is -3.09. The van der Waals surface area contributed by atoms with E-state index in [1.54, 1.807) is 0 Å². The number of fused-ring (bicyclic) bond motifs is 2. The molecule has 154 valence electrons. The number of aromatic amines is 1. The van der Waals surface area contributed by atoms with Gasteiger partial charge in [0.05, 0.1) is 30.0 Å². The molecular weight excluding hydrogens is 376 g/mol. The van der Waals surface area contributed by atoms with E-state index >= 15 is 0 Å². The van der Waals surface area contributed by atoms with Crippen molar-refractivity contribution < 1.29 is 9.84 Å². The highest BCUT2D eigenvalue weighted by atomic mass is 16.5. The van der Waals surface area contributed by atoms with Crippen molar-refractivity contribution in [2.75, 3.05) is 44.7 Å². The largest absolute Gasteiger partial charge is 0.494 e. The molecule has 6 heteroatoms. The minimum atomic E-state index is 0.150. The Morgan fingerprint density at radius 1 is 1.03 bits per heavy atom. The Morgan fingerprint density at radius 2 is 1.80 bits per heavy atom. The SMILES string of the molecule is Oc1[nH]c2ccccc2c1-c1cc(NCCCN2CCOCC2)c2ccccc2n1. The summed E-state index contributed by atoms with van der Waals surface area (Å²) in [5.41, 5.74) is 4.37. The zero-order valence-corrected chi connectivity index (χ0v) is 16.9. The first-order valence-corrected chi connectivity index (χ1v) is 10.5. The Balaban J connectivity index is 1.43. The van der Waals surface area contributed by atoms with Crippen LogP contribution in [0.3, 0.4) is 0 Å². The summed E-state index contributed by atoms with van der Waals surface area (Å²) in [6.07, 6.45) is 1.06. The quantitative estimate of drug-likeness (QED) is 0.421. The van der Waals surface area contributed by atoms with Crippen molar-refractivity contribution >= 4 is 27.5 Å². The normalized spacial score (nSPS) is 15.1. The number of pyridine rings is 1. The fourth-order valence-corrected chi connectivity index (χ4v) is 4.19. The Labute approximate surface area is 175 Å². The second-order valence-electron chi connectivity index (χ2n) is 7.70. The van der Waals surface area contributed by atoms with Crippen molar-refractivity contribution in [1.82, 2.24) is 14.9 Å². The smallest absolute Gasteiger partial charge is 0.199 e. The summed E-state index contributed by atoms with van der Waals surface area (Å²) >= 11 is 0. The number of rotatable bonds is 6. The van der Waals surface area contributed by atoms with E-state index in [2.05, 4.69) is 21.3 Å². The van der Waals surface area contributed by atoms with Gasteiger partial charge in [-0.2, -0.15) is 0 Å². The van der Waals surface area contributed by atoms with E-state index in [9.17, 15) is 5.11 Å². The standard InChI is InChI=1S/C24H26N4O2/c29-24-23(18-7-2-4-9-20(18)27-24)22-16-21(17-6-1-3-8-19(17)26-22)25-10-5-11-28-12-14-30-15-13-28/h1-4,6-9,16,27,29H,5,10-15H2,(H,25,26). The molecule has 6 nitrogen and oxygen atoms in total.